The van der Waals surface area contributed by atoms with E-state index in [9.17, 15) is 13.2 Å². The average Bonchev–Trinajstić information content (AvgIpc) is 2.32. The van der Waals surface area contributed by atoms with Crippen LogP contribution in [0.25, 0.3) is 0 Å². The van der Waals surface area contributed by atoms with Gasteiger partial charge in [-0.3, -0.25) is 9.89 Å². The highest BCUT2D eigenvalue weighted by Crippen LogP contribution is 2.15. The quantitative estimate of drug-likeness (QED) is 0.255. The molecule has 0 aromatic heterocycles. The van der Waals surface area contributed by atoms with E-state index < -0.39 is 12.7 Å². The zero-order valence-electron chi connectivity index (χ0n) is 12.8. The first-order valence-electron chi connectivity index (χ1n) is 6.74. The van der Waals surface area contributed by atoms with E-state index in [4.69, 9.17) is 4.74 Å². The van der Waals surface area contributed by atoms with Crippen molar-refractivity contribution in [2.45, 2.75) is 20.0 Å². The van der Waals surface area contributed by atoms with Crippen LogP contribution in [0.4, 0.5) is 13.2 Å². The summed E-state index contributed by atoms with van der Waals surface area (Å²) in [6, 6.07) is 0. The number of guanidine groups is 1. The van der Waals surface area contributed by atoms with E-state index in [2.05, 4.69) is 15.6 Å². The topological polar surface area (TPSA) is 48.9 Å². The van der Waals surface area contributed by atoms with Gasteiger partial charge in [-0.25, -0.2) is 0 Å². The van der Waals surface area contributed by atoms with Crippen LogP contribution in [0.1, 0.15) is 13.8 Å². The number of nitrogens with one attached hydrogen (secondary N) is 2. The van der Waals surface area contributed by atoms with Crippen molar-refractivity contribution in [1.82, 2.24) is 15.5 Å². The molecule has 5 nitrogen and oxygen atoms in total. The van der Waals surface area contributed by atoms with Crippen molar-refractivity contribution in [2.75, 3.05) is 53.0 Å². The summed E-state index contributed by atoms with van der Waals surface area (Å²) in [7, 11) is 1.43. The van der Waals surface area contributed by atoms with Crippen LogP contribution in [0, 0.1) is 0 Å². The molecule has 0 bridgehead atoms. The highest BCUT2D eigenvalue weighted by molar-refractivity contribution is 14.0. The lowest BCUT2D eigenvalue weighted by molar-refractivity contribution is -0.142. The number of rotatable bonds is 9. The van der Waals surface area contributed by atoms with E-state index >= 15 is 0 Å². The average molecular weight is 426 g/mol. The Bertz CT molecular complexity index is 278. The first-order valence-corrected chi connectivity index (χ1v) is 6.74. The monoisotopic (exact) mass is 426 g/mol. The number of hydrogen-bond acceptors (Lipinski definition) is 3. The lowest BCUT2D eigenvalue weighted by Gasteiger charge is -2.17. The fourth-order valence-electron chi connectivity index (χ4n) is 1.45. The van der Waals surface area contributed by atoms with Crippen molar-refractivity contribution < 1.29 is 17.9 Å². The molecule has 0 fully saturated rings. The van der Waals surface area contributed by atoms with E-state index in [1.54, 1.807) is 0 Å². The maximum atomic E-state index is 12.1. The van der Waals surface area contributed by atoms with Gasteiger partial charge in [0.2, 0.25) is 0 Å². The zero-order chi connectivity index (χ0) is 15.4. The van der Waals surface area contributed by atoms with Gasteiger partial charge in [0.25, 0.3) is 0 Å². The number of alkyl halides is 3. The van der Waals surface area contributed by atoms with E-state index in [0.29, 0.717) is 38.8 Å². The molecule has 0 radical (unpaired) electrons. The number of aliphatic imine (C=N–C) groups is 1. The fourth-order valence-corrected chi connectivity index (χ4v) is 1.45. The van der Waals surface area contributed by atoms with Gasteiger partial charge in [-0.2, -0.15) is 13.2 Å². The number of halogens is 4. The van der Waals surface area contributed by atoms with Crippen LogP contribution in [0.2, 0.25) is 0 Å². The lowest BCUT2D eigenvalue weighted by Crippen LogP contribution is -2.40. The van der Waals surface area contributed by atoms with Gasteiger partial charge in [-0.05, 0) is 20.9 Å². The molecule has 0 heterocycles. The van der Waals surface area contributed by atoms with Gasteiger partial charge in [-0.1, -0.05) is 0 Å². The second-order valence-corrected chi connectivity index (χ2v) is 4.24. The Labute approximate surface area is 141 Å². The number of hydrogen-bond donors (Lipinski definition) is 2. The summed E-state index contributed by atoms with van der Waals surface area (Å²) in [4.78, 5) is 5.41. The Hall–Kier alpha value is -0.290. The first-order chi connectivity index (χ1) is 9.39. The third-order valence-electron chi connectivity index (χ3n) is 2.29. The standard InChI is InChI=1S/C12H25F3N4O.HI/c1-4-16-11(18-7-9-20-5-2)17-6-8-19(3)10-12(13,14)15;/h4-10H2,1-3H3,(H2,16,17,18);1H. The Morgan fingerprint density at radius 1 is 1.24 bits per heavy atom. The van der Waals surface area contributed by atoms with Gasteiger partial charge in [0.1, 0.15) is 0 Å². The minimum absolute atomic E-state index is 0. The molecule has 21 heavy (non-hydrogen) atoms. The molecule has 0 aromatic carbocycles. The number of nitrogens with zero attached hydrogens (tertiary/aromatic N) is 2. The summed E-state index contributed by atoms with van der Waals surface area (Å²) < 4.78 is 41.6. The first kappa shape index (κ1) is 23.0. The predicted molar refractivity (Wildman–Crippen MR) is 89.4 cm³/mol. The predicted octanol–water partition coefficient (Wildman–Crippen LogP) is 1.69. The van der Waals surface area contributed by atoms with Gasteiger partial charge in [-0.15, -0.1) is 24.0 Å². The third-order valence-corrected chi connectivity index (χ3v) is 2.29. The van der Waals surface area contributed by atoms with E-state index in [0.717, 1.165) is 0 Å². The molecule has 0 unspecified atom stereocenters. The summed E-state index contributed by atoms with van der Waals surface area (Å²) in [5.41, 5.74) is 0. The largest absolute Gasteiger partial charge is 0.401 e. The van der Waals surface area contributed by atoms with Crippen LogP contribution in [0.3, 0.4) is 0 Å². The molecule has 9 heteroatoms. The highest BCUT2D eigenvalue weighted by atomic mass is 127. The second kappa shape index (κ2) is 13.4. The van der Waals surface area contributed by atoms with Crippen LogP contribution in [-0.2, 0) is 4.74 Å². The van der Waals surface area contributed by atoms with Gasteiger partial charge in [0.05, 0.1) is 19.7 Å². The van der Waals surface area contributed by atoms with Crippen LogP contribution in [-0.4, -0.2) is 70.0 Å². The molecule has 0 amide bonds. The molecule has 128 valence electrons. The summed E-state index contributed by atoms with van der Waals surface area (Å²) in [5.74, 6) is 0.590. The minimum atomic E-state index is -4.17. The van der Waals surface area contributed by atoms with Crippen LogP contribution < -0.4 is 10.6 Å². The SMILES string of the molecule is CCNC(=NCCN(C)CC(F)(F)F)NCCOCC.I. The molecule has 0 aliphatic heterocycles. The minimum Gasteiger partial charge on any atom is -0.380 e. The number of ether oxygens (including phenoxy) is 1. The van der Waals surface area contributed by atoms with Crippen LogP contribution in [0.5, 0.6) is 0 Å². The Kier molecular flexibility index (Phi) is 14.6. The summed E-state index contributed by atoms with van der Waals surface area (Å²) >= 11 is 0. The van der Waals surface area contributed by atoms with Gasteiger partial charge >= 0.3 is 6.18 Å². The molecule has 0 saturated carbocycles. The molecule has 0 spiro atoms. The lowest BCUT2D eigenvalue weighted by atomic mass is 10.5. The van der Waals surface area contributed by atoms with Gasteiger partial charge in [0, 0.05) is 26.2 Å². The maximum Gasteiger partial charge on any atom is 0.401 e. The van der Waals surface area contributed by atoms with Crippen molar-refractivity contribution >= 4 is 29.9 Å². The summed E-state index contributed by atoms with van der Waals surface area (Å²) in [5, 5.41) is 6.07. The van der Waals surface area contributed by atoms with Crippen molar-refractivity contribution in [2.24, 2.45) is 4.99 Å². The Balaban J connectivity index is 0. The number of likely N-dealkylation sites (N-methyl/N-ethyl adjacent to an activating group) is 1. The maximum absolute atomic E-state index is 12.1. The van der Waals surface area contributed by atoms with Crippen LogP contribution in [0.15, 0.2) is 4.99 Å². The van der Waals surface area contributed by atoms with E-state index in [1.807, 2.05) is 13.8 Å². The molecule has 0 atom stereocenters. The van der Waals surface area contributed by atoms with Gasteiger partial charge in [0.15, 0.2) is 5.96 Å². The van der Waals surface area contributed by atoms with Crippen LogP contribution >= 0.6 is 24.0 Å². The zero-order valence-corrected chi connectivity index (χ0v) is 15.1. The molecular formula is C12H26F3IN4O. The van der Waals surface area contributed by atoms with Crippen molar-refractivity contribution in [3.05, 3.63) is 0 Å². The molecule has 0 saturated heterocycles. The fraction of sp³-hybridized carbons (Fsp3) is 0.917. The molecule has 2 N–H and O–H groups in total. The molecule has 0 aromatic rings. The second-order valence-electron chi connectivity index (χ2n) is 4.24. The molecule has 0 rings (SSSR count). The Morgan fingerprint density at radius 2 is 1.90 bits per heavy atom. The smallest absolute Gasteiger partial charge is 0.380 e. The third kappa shape index (κ3) is 15.9. The molecular weight excluding hydrogens is 400 g/mol. The molecule has 0 aliphatic carbocycles. The van der Waals surface area contributed by atoms with E-state index in [-0.39, 0.29) is 30.5 Å². The molecule has 0 aliphatic rings. The van der Waals surface area contributed by atoms with Gasteiger partial charge < -0.3 is 15.4 Å². The highest BCUT2D eigenvalue weighted by Gasteiger charge is 2.28. The normalized spacial score (nSPS) is 12.2. The Morgan fingerprint density at radius 3 is 2.43 bits per heavy atom. The summed E-state index contributed by atoms with van der Waals surface area (Å²) in [6.07, 6.45) is -4.17. The van der Waals surface area contributed by atoms with E-state index in [1.165, 1.54) is 11.9 Å². The van der Waals surface area contributed by atoms with Crippen molar-refractivity contribution in [3.63, 3.8) is 0 Å². The van der Waals surface area contributed by atoms with Crippen molar-refractivity contribution in [1.29, 1.82) is 0 Å². The summed E-state index contributed by atoms with van der Waals surface area (Å²) in [6.45, 7) is 5.99. The van der Waals surface area contributed by atoms with Crippen molar-refractivity contribution in [3.8, 4) is 0 Å².